The number of rotatable bonds is 8. The zero-order valence-corrected chi connectivity index (χ0v) is 20.7. The third kappa shape index (κ3) is 9.01. The van der Waals surface area contributed by atoms with E-state index in [9.17, 15) is 18.0 Å². The molecule has 1 amide bonds. The lowest BCUT2D eigenvalue weighted by Gasteiger charge is -2.12. The van der Waals surface area contributed by atoms with Crippen LogP contribution in [0.15, 0.2) is 34.6 Å². The van der Waals surface area contributed by atoms with Crippen molar-refractivity contribution in [3.8, 4) is 0 Å². The van der Waals surface area contributed by atoms with Crippen molar-refractivity contribution in [1.29, 1.82) is 0 Å². The third-order valence-corrected chi connectivity index (χ3v) is 5.07. The molecule has 6 nitrogen and oxygen atoms in total. The Morgan fingerprint density at radius 3 is 2.42 bits per heavy atom. The molecule has 0 radical (unpaired) electrons. The Hall–Kier alpha value is -1.89. The molecule has 0 saturated carbocycles. The highest BCUT2D eigenvalue weighted by Crippen LogP contribution is 2.29. The average molecular weight is 569 g/mol. The lowest BCUT2D eigenvalue weighted by molar-refractivity contribution is -0.140. The molecule has 0 bridgehead atoms. The molecule has 1 unspecified atom stereocenters. The third-order valence-electron chi connectivity index (χ3n) is 4.22. The fourth-order valence-electron chi connectivity index (χ4n) is 2.36. The minimum atomic E-state index is -4.44. The number of nitrogens with one attached hydrogen (secondary N) is 3. The fourth-order valence-corrected chi connectivity index (χ4v) is 3.10. The monoisotopic (exact) mass is 569 g/mol. The SMILES string of the molecule is CCNC(=NCc1ccc(C(=O)NC(C)CC)cc1)NCc1nc(C(F)(F)F)cs1.I. The molecule has 0 spiro atoms. The van der Waals surface area contributed by atoms with Gasteiger partial charge in [0, 0.05) is 23.5 Å². The van der Waals surface area contributed by atoms with Gasteiger partial charge in [-0.15, -0.1) is 35.3 Å². The topological polar surface area (TPSA) is 78.4 Å². The molecule has 1 heterocycles. The van der Waals surface area contributed by atoms with Crippen molar-refractivity contribution in [3.63, 3.8) is 0 Å². The first-order chi connectivity index (χ1) is 14.2. The van der Waals surface area contributed by atoms with E-state index in [0.717, 1.165) is 28.7 Å². The number of aliphatic imine (C=N–C) groups is 1. The molecule has 0 fully saturated rings. The van der Waals surface area contributed by atoms with Gasteiger partial charge in [-0.05, 0) is 38.0 Å². The maximum absolute atomic E-state index is 12.7. The second-order valence-corrected chi connectivity index (χ2v) is 7.60. The molecule has 0 aliphatic rings. The quantitative estimate of drug-likeness (QED) is 0.248. The summed E-state index contributed by atoms with van der Waals surface area (Å²) in [7, 11) is 0. The Kier molecular flexibility index (Phi) is 11.2. The number of nitrogens with zero attached hydrogens (tertiary/aromatic N) is 2. The van der Waals surface area contributed by atoms with Gasteiger partial charge in [0.25, 0.3) is 5.91 Å². The number of thiazole rings is 1. The van der Waals surface area contributed by atoms with Crippen LogP contribution in [-0.2, 0) is 19.3 Å². The molecule has 1 atom stereocenters. The largest absolute Gasteiger partial charge is 0.434 e. The average Bonchev–Trinajstić information content (AvgIpc) is 3.20. The second-order valence-electron chi connectivity index (χ2n) is 6.65. The van der Waals surface area contributed by atoms with Crippen LogP contribution in [0.5, 0.6) is 0 Å². The lowest BCUT2D eigenvalue weighted by Crippen LogP contribution is -2.36. The summed E-state index contributed by atoms with van der Waals surface area (Å²) >= 11 is 0.947. The van der Waals surface area contributed by atoms with Crippen molar-refractivity contribution in [2.75, 3.05) is 6.54 Å². The van der Waals surface area contributed by atoms with Gasteiger partial charge in [-0.25, -0.2) is 9.98 Å². The summed E-state index contributed by atoms with van der Waals surface area (Å²) in [4.78, 5) is 20.2. The molecule has 172 valence electrons. The van der Waals surface area contributed by atoms with Gasteiger partial charge in [0.2, 0.25) is 0 Å². The molecular formula is C20H27F3IN5OS. The van der Waals surface area contributed by atoms with Gasteiger partial charge in [-0.1, -0.05) is 19.1 Å². The number of halogens is 4. The fraction of sp³-hybridized carbons (Fsp3) is 0.450. The number of carbonyl (C=O) groups is 1. The minimum absolute atomic E-state index is 0. The van der Waals surface area contributed by atoms with Crippen LogP contribution in [-0.4, -0.2) is 29.4 Å². The van der Waals surface area contributed by atoms with E-state index in [1.165, 1.54) is 0 Å². The van der Waals surface area contributed by atoms with Crippen LogP contribution in [0.4, 0.5) is 13.2 Å². The van der Waals surface area contributed by atoms with E-state index in [0.29, 0.717) is 29.6 Å². The Bertz CT molecular complexity index is 855. The number of guanidine groups is 1. The Morgan fingerprint density at radius 2 is 1.87 bits per heavy atom. The van der Waals surface area contributed by atoms with Crippen LogP contribution in [0.1, 0.15) is 53.8 Å². The Balaban J connectivity index is 0.00000480. The molecule has 2 rings (SSSR count). The Morgan fingerprint density at radius 1 is 1.19 bits per heavy atom. The van der Waals surface area contributed by atoms with Gasteiger partial charge < -0.3 is 16.0 Å². The lowest BCUT2D eigenvalue weighted by atomic mass is 10.1. The normalized spacial score (nSPS) is 12.6. The van der Waals surface area contributed by atoms with E-state index in [1.54, 1.807) is 12.1 Å². The molecule has 2 aromatic rings. The number of hydrogen-bond acceptors (Lipinski definition) is 4. The van der Waals surface area contributed by atoms with Crippen molar-refractivity contribution in [2.45, 2.75) is 52.5 Å². The van der Waals surface area contributed by atoms with Gasteiger partial charge >= 0.3 is 6.18 Å². The molecule has 11 heteroatoms. The number of benzene rings is 1. The number of carbonyl (C=O) groups excluding carboxylic acids is 1. The Labute approximate surface area is 201 Å². The first-order valence-electron chi connectivity index (χ1n) is 9.66. The zero-order valence-electron chi connectivity index (χ0n) is 17.5. The summed E-state index contributed by atoms with van der Waals surface area (Å²) in [6, 6.07) is 7.26. The highest BCUT2D eigenvalue weighted by Gasteiger charge is 2.33. The van der Waals surface area contributed by atoms with Gasteiger partial charge in [-0.2, -0.15) is 13.2 Å². The van der Waals surface area contributed by atoms with Crippen molar-refractivity contribution in [1.82, 2.24) is 20.9 Å². The van der Waals surface area contributed by atoms with E-state index in [4.69, 9.17) is 0 Å². The molecule has 0 aliphatic carbocycles. The number of amides is 1. The molecule has 0 aliphatic heterocycles. The maximum atomic E-state index is 12.7. The number of alkyl halides is 3. The van der Waals surface area contributed by atoms with E-state index in [2.05, 4.69) is 25.9 Å². The van der Waals surface area contributed by atoms with E-state index >= 15 is 0 Å². The predicted molar refractivity (Wildman–Crippen MR) is 128 cm³/mol. The van der Waals surface area contributed by atoms with Gasteiger partial charge in [0.15, 0.2) is 11.7 Å². The standard InChI is InChI=1S/C20H26F3N5OS.HI/c1-4-13(3)27-18(29)15-8-6-14(7-9-15)10-25-19(24-5-2)26-11-17-28-16(12-30-17)20(21,22)23;/h6-9,12-13H,4-5,10-11H2,1-3H3,(H,27,29)(H2,24,25,26);1H. The van der Waals surface area contributed by atoms with Crippen molar-refractivity contribution >= 4 is 47.2 Å². The van der Waals surface area contributed by atoms with Crippen LogP contribution >= 0.6 is 35.3 Å². The summed E-state index contributed by atoms with van der Waals surface area (Å²) < 4.78 is 38.0. The zero-order chi connectivity index (χ0) is 22.1. The van der Waals surface area contributed by atoms with Crippen LogP contribution in [0.3, 0.4) is 0 Å². The summed E-state index contributed by atoms with van der Waals surface area (Å²) in [5.41, 5.74) is 0.599. The van der Waals surface area contributed by atoms with Gasteiger partial charge in [0.05, 0.1) is 13.1 Å². The van der Waals surface area contributed by atoms with E-state index in [1.807, 2.05) is 32.9 Å². The number of hydrogen-bond donors (Lipinski definition) is 3. The van der Waals surface area contributed by atoms with Crippen LogP contribution < -0.4 is 16.0 Å². The van der Waals surface area contributed by atoms with E-state index < -0.39 is 11.9 Å². The molecular weight excluding hydrogens is 542 g/mol. The van der Waals surface area contributed by atoms with Crippen molar-refractivity contribution in [2.24, 2.45) is 4.99 Å². The van der Waals surface area contributed by atoms with Crippen molar-refractivity contribution in [3.05, 3.63) is 51.5 Å². The molecule has 1 aromatic heterocycles. The summed E-state index contributed by atoms with van der Waals surface area (Å²) in [6.45, 7) is 6.95. The minimum Gasteiger partial charge on any atom is -0.357 e. The summed E-state index contributed by atoms with van der Waals surface area (Å²) in [5.74, 6) is 0.357. The molecule has 1 aromatic carbocycles. The highest BCUT2D eigenvalue weighted by molar-refractivity contribution is 14.0. The van der Waals surface area contributed by atoms with Crippen LogP contribution in [0, 0.1) is 0 Å². The van der Waals surface area contributed by atoms with Crippen LogP contribution in [0.2, 0.25) is 0 Å². The summed E-state index contributed by atoms with van der Waals surface area (Å²) in [5, 5.41) is 10.3. The van der Waals surface area contributed by atoms with E-state index in [-0.39, 0.29) is 42.5 Å². The predicted octanol–water partition coefficient (Wildman–Crippen LogP) is 4.56. The van der Waals surface area contributed by atoms with Gasteiger partial charge in [-0.3, -0.25) is 4.79 Å². The van der Waals surface area contributed by atoms with Crippen molar-refractivity contribution < 1.29 is 18.0 Å². The first-order valence-corrected chi connectivity index (χ1v) is 10.5. The smallest absolute Gasteiger partial charge is 0.357 e. The first kappa shape index (κ1) is 27.1. The molecule has 3 N–H and O–H groups in total. The summed E-state index contributed by atoms with van der Waals surface area (Å²) in [6.07, 6.45) is -3.58. The van der Waals surface area contributed by atoms with Crippen LogP contribution in [0.25, 0.3) is 0 Å². The molecule has 31 heavy (non-hydrogen) atoms. The highest BCUT2D eigenvalue weighted by atomic mass is 127. The second kappa shape index (κ2) is 12.8. The maximum Gasteiger partial charge on any atom is 0.434 e. The number of aromatic nitrogens is 1. The van der Waals surface area contributed by atoms with Gasteiger partial charge in [0.1, 0.15) is 5.01 Å². The molecule has 0 saturated heterocycles.